The largest absolute Gasteiger partial charge is 0.462 e. The molecule has 0 aromatic rings. The highest BCUT2D eigenvalue weighted by atomic mass is 16.6. The van der Waals surface area contributed by atoms with Crippen molar-refractivity contribution in [1.82, 2.24) is 0 Å². The van der Waals surface area contributed by atoms with E-state index in [4.69, 9.17) is 14.2 Å². The summed E-state index contributed by atoms with van der Waals surface area (Å²) in [4.78, 5) is 38.1. The summed E-state index contributed by atoms with van der Waals surface area (Å²) < 4.78 is 16.9. The van der Waals surface area contributed by atoms with E-state index >= 15 is 0 Å². The highest BCUT2D eigenvalue weighted by Gasteiger charge is 2.19. The molecule has 0 aromatic carbocycles. The van der Waals surface area contributed by atoms with Crippen LogP contribution in [0.1, 0.15) is 361 Å². The van der Waals surface area contributed by atoms with Gasteiger partial charge in [0.15, 0.2) is 6.10 Å². The average molecular weight is 1120 g/mol. The second kappa shape index (κ2) is 68.3. The Morgan fingerprint density at radius 1 is 0.263 bits per heavy atom. The minimum Gasteiger partial charge on any atom is -0.462 e. The third-order valence-corrected chi connectivity index (χ3v) is 15.4. The second-order valence-electron chi connectivity index (χ2n) is 23.4. The van der Waals surface area contributed by atoms with Crippen LogP contribution in [0.15, 0.2) is 72.9 Å². The Morgan fingerprint density at radius 2 is 0.487 bits per heavy atom. The van der Waals surface area contributed by atoms with Gasteiger partial charge >= 0.3 is 17.9 Å². The Bertz CT molecular complexity index is 1470. The first-order valence-electron chi connectivity index (χ1n) is 34.9. The number of carbonyl (C=O) groups is 3. The first-order chi connectivity index (χ1) is 39.5. The van der Waals surface area contributed by atoms with Crippen molar-refractivity contribution in [3.8, 4) is 0 Å². The third kappa shape index (κ3) is 65.7. The summed E-state index contributed by atoms with van der Waals surface area (Å²) in [5.74, 6) is -0.862. The smallest absolute Gasteiger partial charge is 0.306 e. The summed E-state index contributed by atoms with van der Waals surface area (Å²) >= 11 is 0. The van der Waals surface area contributed by atoms with Crippen molar-refractivity contribution in [2.45, 2.75) is 367 Å². The maximum atomic E-state index is 12.9. The highest BCUT2D eigenvalue weighted by molar-refractivity contribution is 5.71. The van der Waals surface area contributed by atoms with E-state index < -0.39 is 6.10 Å². The molecule has 464 valence electrons. The molecular formula is C74H132O6. The molecule has 0 fully saturated rings. The zero-order chi connectivity index (χ0) is 57.8. The lowest BCUT2D eigenvalue weighted by molar-refractivity contribution is -0.167. The Morgan fingerprint density at radius 3 is 0.775 bits per heavy atom. The number of ether oxygens (including phenoxy) is 3. The van der Waals surface area contributed by atoms with Crippen molar-refractivity contribution < 1.29 is 28.6 Å². The number of allylic oxidation sites excluding steroid dienone is 12. The van der Waals surface area contributed by atoms with Gasteiger partial charge in [0.05, 0.1) is 0 Å². The van der Waals surface area contributed by atoms with Crippen LogP contribution in [0, 0.1) is 0 Å². The van der Waals surface area contributed by atoms with Crippen molar-refractivity contribution in [3.05, 3.63) is 72.9 Å². The van der Waals surface area contributed by atoms with E-state index in [-0.39, 0.29) is 31.1 Å². The van der Waals surface area contributed by atoms with E-state index in [2.05, 4.69) is 93.7 Å². The Labute approximate surface area is 497 Å². The molecule has 0 aromatic heterocycles. The van der Waals surface area contributed by atoms with Crippen LogP contribution < -0.4 is 0 Å². The SMILES string of the molecule is CC/C=C\C/C=C\C/C=C\C/C=C\C/C=C\CCCCCCCCCCCCCCCCCC(=O)OCC(COC(=O)CCCCCCCC)OC(=O)CCCCCCCCCCCCCCC/C=C\CCCCCCCCCC. The molecule has 0 saturated carbocycles. The van der Waals surface area contributed by atoms with Crippen molar-refractivity contribution in [3.63, 3.8) is 0 Å². The fraction of sp³-hybridized carbons (Fsp3) is 0.797. The van der Waals surface area contributed by atoms with Crippen LogP contribution in [0.5, 0.6) is 0 Å². The number of carbonyl (C=O) groups excluding carboxylic acids is 3. The number of hydrogen-bond donors (Lipinski definition) is 0. The first-order valence-corrected chi connectivity index (χ1v) is 34.9. The van der Waals surface area contributed by atoms with Gasteiger partial charge in [-0.15, -0.1) is 0 Å². The second-order valence-corrected chi connectivity index (χ2v) is 23.4. The third-order valence-electron chi connectivity index (χ3n) is 15.4. The lowest BCUT2D eigenvalue weighted by atomic mass is 10.0. The molecule has 0 heterocycles. The molecular weight excluding hydrogens is 985 g/mol. The van der Waals surface area contributed by atoms with Crippen LogP contribution in [-0.2, 0) is 28.6 Å². The maximum absolute atomic E-state index is 12.9. The highest BCUT2D eigenvalue weighted by Crippen LogP contribution is 2.18. The molecule has 0 aliphatic heterocycles. The average Bonchev–Trinajstić information content (AvgIpc) is 3.46. The quantitative estimate of drug-likeness (QED) is 0.0261. The van der Waals surface area contributed by atoms with Gasteiger partial charge in [-0.05, 0) is 89.9 Å². The molecule has 0 amide bonds. The zero-order valence-electron chi connectivity index (χ0n) is 53.3. The van der Waals surface area contributed by atoms with Crippen LogP contribution in [0.2, 0.25) is 0 Å². The van der Waals surface area contributed by atoms with E-state index in [9.17, 15) is 14.4 Å². The van der Waals surface area contributed by atoms with Crippen LogP contribution in [0.4, 0.5) is 0 Å². The summed E-state index contributed by atoms with van der Waals surface area (Å²) in [6.07, 6.45) is 89.7. The molecule has 0 aliphatic carbocycles. The van der Waals surface area contributed by atoms with E-state index in [1.54, 1.807) is 0 Å². The minimum absolute atomic E-state index is 0.0711. The van der Waals surface area contributed by atoms with E-state index in [0.717, 1.165) is 89.9 Å². The molecule has 0 N–H and O–H groups in total. The van der Waals surface area contributed by atoms with Crippen LogP contribution in [0.25, 0.3) is 0 Å². The van der Waals surface area contributed by atoms with E-state index in [1.165, 1.54) is 231 Å². The molecule has 6 heteroatoms. The number of rotatable bonds is 64. The number of unbranched alkanes of at least 4 members (excludes halogenated alkanes) is 41. The maximum Gasteiger partial charge on any atom is 0.306 e. The molecule has 1 unspecified atom stereocenters. The van der Waals surface area contributed by atoms with Gasteiger partial charge in [0.2, 0.25) is 0 Å². The van der Waals surface area contributed by atoms with Gasteiger partial charge in [-0.1, -0.05) is 325 Å². The predicted octanol–water partition coefficient (Wildman–Crippen LogP) is 24.1. The topological polar surface area (TPSA) is 78.9 Å². The van der Waals surface area contributed by atoms with Gasteiger partial charge in [0, 0.05) is 19.3 Å². The predicted molar refractivity (Wildman–Crippen MR) is 348 cm³/mol. The minimum atomic E-state index is -0.771. The van der Waals surface area contributed by atoms with Crippen molar-refractivity contribution >= 4 is 17.9 Å². The molecule has 0 rings (SSSR count). The molecule has 0 saturated heterocycles. The van der Waals surface area contributed by atoms with Crippen LogP contribution in [0.3, 0.4) is 0 Å². The van der Waals surface area contributed by atoms with E-state index in [1.807, 2.05) is 0 Å². The Hall–Kier alpha value is -3.15. The van der Waals surface area contributed by atoms with Gasteiger partial charge in [0.25, 0.3) is 0 Å². The number of hydrogen-bond acceptors (Lipinski definition) is 6. The van der Waals surface area contributed by atoms with Gasteiger partial charge in [-0.3, -0.25) is 14.4 Å². The van der Waals surface area contributed by atoms with Gasteiger partial charge in [-0.2, -0.15) is 0 Å². The molecule has 6 nitrogen and oxygen atoms in total. The number of esters is 3. The van der Waals surface area contributed by atoms with Gasteiger partial charge in [-0.25, -0.2) is 0 Å². The Kier molecular flexibility index (Phi) is 65.7. The molecule has 80 heavy (non-hydrogen) atoms. The molecule has 0 spiro atoms. The van der Waals surface area contributed by atoms with Crippen molar-refractivity contribution in [2.24, 2.45) is 0 Å². The summed E-state index contributed by atoms with van der Waals surface area (Å²) in [7, 11) is 0. The normalized spacial score (nSPS) is 12.5. The van der Waals surface area contributed by atoms with Crippen LogP contribution in [-0.4, -0.2) is 37.2 Å². The molecule has 1 atom stereocenters. The summed E-state index contributed by atoms with van der Waals surface area (Å²) in [6, 6.07) is 0. The lowest BCUT2D eigenvalue weighted by Crippen LogP contribution is -2.30. The molecule has 0 aliphatic rings. The summed E-state index contributed by atoms with van der Waals surface area (Å²) in [5, 5.41) is 0. The van der Waals surface area contributed by atoms with Crippen LogP contribution >= 0.6 is 0 Å². The first kappa shape index (κ1) is 76.9. The zero-order valence-corrected chi connectivity index (χ0v) is 53.3. The fourth-order valence-corrected chi connectivity index (χ4v) is 10.2. The van der Waals surface area contributed by atoms with Crippen molar-refractivity contribution in [1.29, 1.82) is 0 Å². The monoisotopic (exact) mass is 1120 g/mol. The lowest BCUT2D eigenvalue weighted by Gasteiger charge is -2.18. The van der Waals surface area contributed by atoms with Gasteiger partial charge in [0.1, 0.15) is 13.2 Å². The summed E-state index contributed by atoms with van der Waals surface area (Å²) in [6.45, 7) is 6.52. The summed E-state index contributed by atoms with van der Waals surface area (Å²) in [5.41, 5.74) is 0. The van der Waals surface area contributed by atoms with Gasteiger partial charge < -0.3 is 14.2 Å². The van der Waals surface area contributed by atoms with Crippen molar-refractivity contribution in [2.75, 3.05) is 13.2 Å². The standard InChI is InChI=1S/C74H132O6/c1-4-7-10-13-16-18-20-22-24-26-28-30-32-34-35-36-37-38-39-41-42-44-46-48-50-52-54-56-58-61-64-67-73(76)79-70-71(69-78-72(75)66-63-60-15-12-9-6-3)80-74(77)68-65-62-59-57-55-53-51-49-47-45-43-40-33-31-29-27-25-23-21-19-17-14-11-8-5-2/h7,10,16,18,22,24,27-30,34-35,71H,4-6,8-9,11-15,17,19-21,23,25-26,31-33,36-70H2,1-3H3/b10-7-,18-16-,24-22-,29-27-,30-28-,35-34-. The van der Waals surface area contributed by atoms with E-state index in [0.29, 0.717) is 19.3 Å². The Balaban J connectivity index is 4.00. The molecule has 0 bridgehead atoms. The fourth-order valence-electron chi connectivity index (χ4n) is 10.2. The molecule has 0 radical (unpaired) electrons.